The summed E-state index contributed by atoms with van der Waals surface area (Å²) in [6.07, 6.45) is 5.50. The minimum absolute atomic E-state index is 0. The minimum atomic E-state index is -0.634. The summed E-state index contributed by atoms with van der Waals surface area (Å²) in [5, 5.41) is 32.6. The van der Waals surface area contributed by atoms with Crippen molar-refractivity contribution < 1.29 is 20.1 Å². The van der Waals surface area contributed by atoms with E-state index in [9.17, 15) is 20.1 Å². The monoisotopic (exact) mass is 619 g/mol. The van der Waals surface area contributed by atoms with Crippen molar-refractivity contribution in [2.75, 3.05) is 11.9 Å². The number of rotatable bonds is 6. The number of aromatic amines is 1. The third-order valence-corrected chi connectivity index (χ3v) is 6.24. The lowest BCUT2D eigenvalue weighted by Crippen LogP contribution is -2.34. The van der Waals surface area contributed by atoms with Gasteiger partial charge in [-0.1, -0.05) is 6.42 Å². The predicted molar refractivity (Wildman–Crippen MR) is 149 cm³/mol. The van der Waals surface area contributed by atoms with Crippen LogP contribution in [-0.2, 0) is 6.54 Å². The Kier molecular flexibility index (Phi) is 8.59. The van der Waals surface area contributed by atoms with Crippen molar-refractivity contribution in [2.24, 2.45) is 0 Å². The first-order valence-corrected chi connectivity index (χ1v) is 11.1. The number of benzene rings is 1. The lowest BCUT2D eigenvalue weighted by molar-refractivity contribution is 0.0989. The number of phenolic OH excluding ortho intramolecular Hbond substituents is 3. The van der Waals surface area contributed by atoms with Gasteiger partial charge in [0.15, 0.2) is 17.2 Å². The van der Waals surface area contributed by atoms with E-state index in [1.807, 2.05) is 24.3 Å². The third kappa shape index (κ3) is 5.48. The van der Waals surface area contributed by atoms with Gasteiger partial charge in [-0.15, -0.1) is 34.0 Å². The van der Waals surface area contributed by atoms with E-state index in [0.29, 0.717) is 22.8 Å². The van der Waals surface area contributed by atoms with Gasteiger partial charge in [0.2, 0.25) is 0 Å². The molecule has 0 atom stereocenters. The summed E-state index contributed by atoms with van der Waals surface area (Å²) in [5.41, 5.74) is 4.55. The average molecular weight is 621 g/mol. The summed E-state index contributed by atoms with van der Waals surface area (Å²) in [6.45, 7) is 0.720. The van der Waals surface area contributed by atoms with Gasteiger partial charge in [0.1, 0.15) is 5.69 Å². The number of nitrogens with zero attached hydrogens (tertiary/aromatic N) is 3. The number of hydrogen-bond acceptors (Lipinski definition) is 7. The lowest BCUT2D eigenvalue weighted by Gasteiger charge is -2.26. The Hall–Kier alpha value is -3.15. The Balaban J connectivity index is 0.00000180. The molecule has 1 aromatic carbocycles. The van der Waals surface area contributed by atoms with Crippen LogP contribution >= 0.6 is 34.0 Å². The normalized spacial score (nSPS) is 12.9. The van der Waals surface area contributed by atoms with Crippen molar-refractivity contribution in [3.8, 4) is 28.5 Å². The van der Waals surface area contributed by atoms with E-state index in [1.54, 1.807) is 12.3 Å². The summed E-state index contributed by atoms with van der Waals surface area (Å²) in [4.78, 5) is 26.5. The summed E-state index contributed by atoms with van der Waals surface area (Å²) < 4.78 is 0. The summed E-state index contributed by atoms with van der Waals surface area (Å²) in [5.74, 6) is -2.06. The zero-order valence-electron chi connectivity index (χ0n) is 19.4. The molecule has 36 heavy (non-hydrogen) atoms. The maximum atomic E-state index is 13.0. The van der Waals surface area contributed by atoms with Crippen molar-refractivity contribution in [3.05, 3.63) is 60.0 Å². The van der Waals surface area contributed by atoms with Gasteiger partial charge in [-0.05, 0) is 43.2 Å². The number of aromatic hydroxyl groups is 3. The Bertz CT molecular complexity index is 1370. The molecule has 1 aliphatic rings. The number of hydrogen-bond donors (Lipinski definition) is 5. The van der Waals surface area contributed by atoms with Gasteiger partial charge in [-0.2, -0.15) is 0 Å². The maximum Gasteiger partial charge on any atom is 0.274 e. The number of nitrogens with one attached hydrogen (secondary N) is 2. The van der Waals surface area contributed by atoms with E-state index in [0.717, 1.165) is 23.5 Å². The van der Waals surface area contributed by atoms with Crippen LogP contribution in [0, 0.1) is 0 Å². The van der Waals surface area contributed by atoms with Crippen LogP contribution in [0.1, 0.15) is 35.4 Å². The molecule has 1 fully saturated rings. The fraction of sp³-hybridized carbons (Fsp3) is 0.240. The van der Waals surface area contributed by atoms with Crippen molar-refractivity contribution >= 4 is 56.6 Å². The smallest absolute Gasteiger partial charge is 0.274 e. The molecule has 11 heteroatoms. The largest absolute Gasteiger partial charge is 0.504 e. The second-order valence-corrected chi connectivity index (χ2v) is 8.55. The molecule has 5 rings (SSSR count). The SMILES string of the molecule is Br.Br.CN(C(=O)c1cc2nc(-c3ccnc(CNC4CCC4)c3)ccc2[nH]1)c1cc(O)c(O)c(O)c1. The first-order valence-electron chi connectivity index (χ1n) is 11.1. The van der Waals surface area contributed by atoms with Crippen LogP contribution in [0.3, 0.4) is 0 Å². The number of fused-ring (bicyclic) bond motifs is 1. The molecular formula is C25H27Br2N5O4. The number of phenols is 3. The summed E-state index contributed by atoms with van der Waals surface area (Å²) in [7, 11) is 1.51. The number of anilines is 1. The average Bonchev–Trinajstić information content (AvgIpc) is 3.24. The molecular weight excluding hydrogens is 594 g/mol. The van der Waals surface area contributed by atoms with Crippen molar-refractivity contribution in [1.29, 1.82) is 0 Å². The highest BCUT2D eigenvalue weighted by molar-refractivity contribution is 8.93. The van der Waals surface area contributed by atoms with Gasteiger partial charge in [-0.25, -0.2) is 4.98 Å². The molecule has 3 heterocycles. The molecule has 1 aliphatic carbocycles. The number of halogens is 2. The van der Waals surface area contributed by atoms with E-state index in [2.05, 4.69) is 15.3 Å². The Labute approximate surface area is 228 Å². The highest BCUT2D eigenvalue weighted by Gasteiger charge is 2.20. The Morgan fingerprint density at radius 1 is 1.08 bits per heavy atom. The van der Waals surface area contributed by atoms with Crippen LogP contribution < -0.4 is 10.2 Å². The zero-order chi connectivity index (χ0) is 23.8. The van der Waals surface area contributed by atoms with E-state index in [-0.39, 0.29) is 39.7 Å². The number of aromatic nitrogens is 3. The van der Waals surface area contributed by atoms with Crippen molar-refractivity contribution in [2.45, 2.75) is 31.8 Å². The molecule has 5 N–H and O–H groups in total. The molecule has 190 valence electrons. The molecule has 4 aromatic rings. The van der Waals surface area contributed by atoms with Gasteiger partial charge >= 0.3 is 0 Å². The number of carbonyl (C=O) groups is 1. The molecule has 0 spiro atoms. The van der Waals surface area contributed by atoms with Crippen LogP contribution in [-0.4, -0.2) is 49.3 Å². The predicted octanol–water partition coefficient (Wildman–Crippen LogP) is 4.82. The van der Waals surface area contributed by atoms with Crippen LogP contribution in [0.4, 0.5) is 5.69 Å². The van der Waals surface area contributed by atoms with Crippen molar-refractivity contribution in [1.82, 2.24) is 20.3 Å². The van der Waals surface area contributed by atoms with E-state index in [4.69, 9.17) is 4.98 Å². The zero-order valence-corrected chi connectivity index (χ0v) is 22.9. The van der Waals surface area contributed by atoms with Crippen LogP contribution in [0.2, 0.25) is 0 Å². The molecule has 0 radical (unpaired) electrons. The molecule has 9 nitrogen and oxygen atoms in total. The fourth-order valence-corrected chi connectivity index (χ4v) is 3.96. The molecule has 1 amide bonds. The first-order chi connectivity index (χ1) is 16.4. The quantitative estimate of drug-likeness (QED) is 0.195. The maximum absolute atomic E-state index is 13.0. The van der Waals surface area contributed by atoms with Crippen LogP contribution in [0.25, 0.3) is 22.3 Å². The first kappa shape index (κ1) is 27.4. The van der Waals surface area contributed by atoms with Crippen LogP contribution in [0.15, 0.2) is 48.7 Å². The van der Waals surface area contributed by atoms with E-state index >= 15 is 0 Å². The van der Waals surface area contributed by atoms with Gasteiger partial charge < -0.3 is 30.5 Å². The fourth-order valence-electron chi connectivity index (χ4n) is 3.96. The molecule has 0 aliphatic heterocycles. The highest BCUT2D eigenvalue weighted by atomic mass is 79.9. The Morgan fingerprint density at radius 2 is 1.81 bits per heavy atom. The summed E-state index contributed by atoms with van der Waals surface area (Å²) in [6, 6.07) is 12.4. The van der Waals surface area contributed by atoms with Gasteiger partial charge in [-0.3, -0.25) is 9.78 Å². The van der Waals surface area contributed by atoms with Gasteiger partial charge in [0.25, 0.3) is 5.91 Å². The number of pyridine rings is 2. The minimum Gasteiger partial charge on any atom is -0.504 e. The van der Waals surface area contributed by atoms with Crippen LogP contribution in [0.5, 0.6) is 17.2 Å². The number of amides is 1. The van der Waals surface area contributed by atoms with Gasteiger partial charge in [0, 0.05) is 43.5 Å². The summed E-state index contributed by atoms with van der Waals surface area (Å²) >= 11 is 0. The molecule has 0 unspecified atom stereocenters. The Morgan fingerprint density at radius 3 is 2.47 bits per heavy atom. The van der Waals surface area contributed by atoms with Crippen molar-refractivity contribution in [3.63, 3.8) is 0 Å². The molecule has 3 aromatic heterocycles. The van der Waals surface area contributed by atoms with E-state index in [1.165, 1.54) is 43.3 Å². The molecule has 0 saturated heterocycles. The number of H-pyrrole nitrogens is 1. The number of carbonyl (C=O) groups excluding carboxylic acids is 1. The second kappa shape index (κ2) is 11.3. The van der Waals surface area contributed by atoms with E-state index < -0.39 is 23.2 Å². The lowest BCUT2D eigenvalue weighted by atomic mass is 9.93. The highest BCUT2D eigenvalue weighted by Crippen LogP contribution is 2.38. The molecule has 1 saturated carbocycles. The van der Waals surface area contributed by atoms with Gasteiger partial charge in [0.05, 0.1) is 28.1 Å². The third-order valence-electron chi connectivity index (χ3n) is 6.24. The molecule has 0 bridgehead atoms. The topological polar surface area (TPSA) is 135 Å². The second-order valence-electron chi connectivity index (χ2n) is 8.55. The standard InChI is InChI=1S/C25H25N5O4.2BrH/c1-30(17-10-22(31)24(33)23(32)11-17)25(34)21-12-20-19(29-21)6-5-18(28-20)14-7-8-26-16(9-14)13-27-15-3-2-4-15;;/h5-12,15,27,29,31-33H,2-4,13H2,1H3;2*1H.